The summed E-state index contributed by atoms with van der Waals surface area (Å²) in [4.78, 5) is 16.9. The first kappa shape index (κ1) is 16.3. The zero-order valence-electron chi connectivity index (χ0n) is 14.1. The van der Waals surface area contributed by atoms with Gasteiger partial charge in [0.15, 0.2) is 0 Å². The molecule has 5 heteroatoms. The van der Waals surface area contributed by atoms with Crippen molar-refractivity contribution in [3.05, 3.63) is 29.8 Å². The topological polar surface area (TPSA) is 44.8 Å². The summed E-state index contributed by atoms with van der Waals surface area (Å²) in [5.41, 5.74) is 2.44. The molecule has 2 saturated heterocycles. The van der Waals surface area contributed by atoms with Gasteiger partial charge in [-0.25, -0.2) is 0 Å². The second kappa shape index (κ2) is 7.32. The molecular weight excluding hydrogens is 290 g/mol. The minimum absolute atomic E-state index is 0.0943. The zero-order valence-corrected chi connectivity index (χ0v) is 14.1. The molecule has 1 unspecified atom stereocenters. The molecule has 2 heterocycles. The van der Waals surface area contributed by atoms with Crippen LogP contribution in [-0.4, -0.2) is 57.2 Å². The van der Waals surface area contributed by atoms with Crippen molar-refractivity contribution in [1.29, 1.82) is 0 Å². The first-order valence-electron chi connectivity index (χ1n) is 8.53. The highest BCUT2D eigenvalue weighted by Crippen LogP contribution is 2.24. The third kappa shape index (κ3) is 3.67. The van der Waals surface area contributed by atoms with Crippen LogP contribution in [0.3, 0.4) is 0 Å². The fraction of sp³-hybridized carbons (Fsp3) is 0.611. The van der Waals surface area contributed by atoms with E-state index < -0.39 is 0 Å². The number of amides is 1. The van der Waals surface area contributed by atoms with Crippen LogP contribution in [0.1, 0.15) is 12.5 Å². The van der Waals surface area contributed by atoms with Crippen LogP contribution in [0.2, 0.25) is 0 Å². The predicted octanol–water partition coefficient (Wildman–Crippen LogP) is 1.34. The van der Waals surface area contributed by atoms with E-state index in [1.165, 1.54) is 11.3 Å². The van der Waals surface area contributed by atoms with Crippen molar-refractivity contribution >= 4 is 11.6 Å². The molecule has 1 aromatic carbocycles. The summed E-state index contributed by atoms with van der Waals surface area (Å²) < 4.78 is 5.44. The number of carbonyl (C=O) groups excluding carboxylic acids is 1. The lowest BCUT2D eigenvalue weighted by Gasteiger charge is -2.35. The number of nitrogens with zero attached hydrogens (tertiary/aromatic N) is 2. The molecule has 1 N–H and O–H groups in total. The SMILES string of the molecule is CC(C(=O)N(C)Cc1ccccc1N1CCOCC1)C1CNC1. The van der Waals surface area contributed by atoms with Crippen LogP contribution < -0.4 is 10.2 Å². The highest BCUT2D eigenvalue weighted by atomic mass is 16.5. The monoisotopic (exact) mass is 317 g/mol. The number of hydrogen-bond donors (Lipinski definition) is 1. The van der Waals surface area contributed by atoms with E-state index in [9.17, 15) is 4.79 Å². The Morgan fingerprint density at radius 2 is 2.04 bits per heavy atom. The van der Waals surface area contributed by atoms with Crippen LogP contribution >= 0.6 is 0 Å². The van der Waals surface area contributed by atoms with E-state index in [2.05, 4.69) is 41.4 Å². The number of hydrogen-bond acceptors (Lipinski definition) is 4. The molecule has 0 radical (unpaired) electrons. The maximum Gasteiger partial charge on any atom is 0.225 e. The average Bonchev–Trinajstić information content (AvgIpc) is 2.53. The molecule has 1 atom stereocenters. The molecule has 23 heavy (non-hydrogen) atoms. The molecule has 0 aromatic heterocycles. The summed E-state index contributed by atoms with van der Waals surface area (Å²) in [5, 5.41) is 3.25. The summed E-state index contributed by atoms with van der Waals surface area (Å²) in [7, 11) is 1.92. The van der Waals surface area contributed by atoms with Crippen molar-refractivity contribution < 1.29 is 9.53 Å². The van der Waals surface area contributed by atoms with Crippen molar-refractivity contribution in [2.75, 3.05) is 51.3 Å². The summed E-state index contributed by atoms with van der Waals surface area (Å²) >= 11 is 0. The van der Waals surface area contributed by atoms with E-state index in [-0.39, 0.29) is 11.8 Å². The average molecular weight is 317 g/mol. The Hall–Kier alpha value is -1.59. The minimum atomic E-state index is 0.0943. The van der Waals surface area contributed by atoms with Gasteiger partial charge < -0.3 is 19.9 Å². The fourth-order valence-electron chi connectivity index (χ4n) is 3.30. The number of nitrogens with one attached hydrogen (secondary N) is 1. The van der Waals surface area contributed by atoms with Crippen LogP contribution in [-0.2, 0) is 16.1 Å². The van der Waals surface area contributed by atoms with Gasteiger partial charge in [0, 0.05) is 38.3 Å². The molecule has 0 saturated carbocycles. The Morgan fingerprint density at radius 1 is 1.35 bits per heavy atom. The third-order valence-electron chi connectivity index (χ3n) is 5.04. The third-order valence-corrected chi connectivity index (χ3v) is 5.04. The number of anilines is 1. The van der Waals surface area contributed by atoms with Gasteiger partial charge in [-0.3, -0.25) is 4.79 Å². The molecule has 1 aromatic rings. The van der Waals surface area contributed by atoms with Crippen molar-refractivity contribution in [3.63, 3.8) is 0 Å². The van der Waals surface area contributed by atoms with Gasteiger partial charge in [0.25, 0.3) is 0 Å². The number of para-hydroxylation sites is 1. The highest BCUT2D eigenvalue weighted by molar-refractivity contribution is 5.79. The van der Waals surface area contributed by atoms with E-state index in [4.69, 9.17) is 4.74 Å². The Morgan fingerprint density at radius 3 is 2.70 bits per heavy atom. The normalized spacial score (nSPS) is 20.0. The summed E-state index contributed by atoms with van der Waals surface area (Å²) in [6.45, 7) is 8.02. The van der Waals surface area contributed by atoms with E-state index in [1.54, 1.807) is 0 Å². The fourth-order valence-corrected chi connectivity index (χ4v) is 3.30. The van der Waals surface area contributed by atoms with Gasteiger partial charge in [0.1, 0.15) is 0 Å². The van der Waals surface area contributed by atoms with E-state index in [0.29, 0.717) is 12.5 Å². The van der Waals surface area contributed by atoms with Gasteiger partial charge in [-0.05, 0) is 30.6 Å². The second-order valence-electron chi connectivity index (χ2n) is 6.63. The second-order valence-corrected chi connectivity index (χ2v) is 6.63. The van der Waals surface area contributed by atoms with Crippen LogP contribution in [0.25, 0.3) is 0 Å². The molecule has 0 spiro atoms. The molecule has 0 aliphatic carbocycles. The van der Waals surface area contributed by atoms with Gasteiger partial charge in [-0.2, -0.15) is 0 Å². The summed E-state index contributed by atoms with van der Waals surface area (Å²) in [6, 6.07) is 8.40. The smallest absolute Gasteiger partial charge is 0.225 e. The quantitative estimate of drug-likeness (QED) is 0.890. The first-order chi connectivity index (χ1) is 11.2. The van der Waals surface area contributed by atoms with E-state index in [0.717, 1.165) is 39.4 Å². The Balaban J connectivity index is 1.67. The van der Waals surface area contributed by atoms with Crippen molar-refractivity contribution in [2.45, 2.75) is 13.5 Å². The van der Waals surface area contributed by atoms with E-state index in [1.807, 2.05) is 11.9 Å². The molecule has 2 aliphatic rings. The molecule has 2 fully saturated rings. The van der Waals surface area contributed by atoms with Gasteiger partial charge in [0.2, 0.25) is 5.91 Å². The zero-order chi connectivity index (χ0) is 16.2. The molecule has 5 nitrogen and oxygen atoms in total. The maximum atomic E-state index is 12.6. The highest BCUT2D eigenvalue weighted by Gasteiger charge is 2.30. The summed E-state index contributed by atoms with van der Waals surface area (Å²) in [5.74, 6) is 0.824. The Labute approximate surface area is 138 Å². The van der Waals surface area contributed by atoms with Crippen LogP contribution in [0, 0.1) is 11.8 Å². The van der Waals surface area contributed by atoms with Crippen molar-refractivity contribution in [1.82, 2.24) is 10.2 Å². The van der Waals surface area contributed by atoms with E-state index >= 15 is 0 Å². The van der Waals surface area contributed by atoms with Crippen LogP contribution in [0.5, 0.6) is 0 Å². The predicted molar refractivity (Wildman–Crippen MR) is 91.5 cm³/mol. The lowest BCUT2D eigenvalue weighted by molar-refractivity contribution is -0.136. The lowest BCUT2D eigenvalue weighted by atomic mass is 9.88. The molecule has 1 amide bonds. The minimum Gasteiger partial charge on any atom is -0.378 e. The van der Waals surface area contributed by atoms with Gasteiger partial charge in [-0.15, -0.1) is 0 Å². The largest absolute Gasteiger partial charge is 0.378 e. The van der Waals surface area contributed by atoms with Gasteiger partial charge >= 0.3 is 0 Å². The Bertz CT molecular complexity index is 539. The lowest BCUT2D eigenvalue weighted by Crippen LogP contribution is -2.49. The molecule has 126 valence electrons. The molecule has 3 rings (SSSR count). The molecule has 2 aliphatic heterocycles. The van der Waals surface area contributed by atoms with Gasteiger partial charge in [0.05, 0.1) is 13.2 Å². The number of morpholine rings is 1. The first-order valence-corrected chi connectivity index (χ1v) is 8.53. The molecular formula is C18H27N3O2. The molecule has 0 bridgehead atoms. The number of rotatable bonds is 5. The Kier molecular flexibility index (Phi) is 5.18. The van der Waals surface area contributed by atoms with Crippen molar-refractivity contribution in [2.24, 2.45) is 11.8 Å². The van der Waals surface area contributed by atoms with Gasteiger partial charge in [-0.1, -0.05) is 25.1 Å². The standard InChI is InChI=1S/C18H27N3O2/c1-14(16-11-19-12-16)18(22)20(2)13-15-5-3-4-6-17(15)21-7-9-23-10-8-21/h3-6,14,16,19H,7-13H2,1-2H3. The number of carbonyl (C=O) groups is 1. The number of benzene rings is 1. The summed E-state index contributed by atoms with van der Waals surface area (Å²) in [6.07, 6.45) is 0. The number of ether oxygens (including phenoxy) is 1. The van der Waals surface area contributed by atoms with Crippen molar-refractivity contribution in [3.8, 4) is 0 Å². The maximum absolute atomic E-state index is 12.6. The van der Waals surface area contributed by atoms with Crippen LogP contribution in [0.15, 0.2) is 24.3 Å². The van der Waals surface area contributed by atoms with Crippen LogP contribution in [0.4, 0.5) is 5.69 Å².